The van der Waals surface area contributed by atoms with Crippen molar-refractivity contribution in [1.29, 1.82) is 0 Å². The van der Waals surface area contributed by atoms with Crippen LogP contribution in [0, 0.1) is 12.7 Å². The lowest BCUT2D eigenvalue weighted by molar-refractivity contribution is -0.116. The Morgan fingerprint density at radius 1 is 1.00 bits per heavy atom. The molecule has 4 rings (SSSR count). The van der Waals surface area contributed by atoms with Crippen LogP contribution >= 0.6 is 0 Å². The van der Waals surface area contributed by atoms with Gasteiger partial charge in [-0.1, -0.05) is 36.8 Å². The van der Waals surface area contributed by atoms with E-state index in [1.165, 1.54) is 28.8 Å². The molecular weight excluding hydrogens is 409 g/mol. The number of carbonyl (C=O) groups is 1. The second kappa shape index (κ2) is 8.63. The first-order valence-electron chi connectivity index (χ1n) is 10.3. The van der Waals surface area contributed by atoms with Gasteiger partial charge in [0.05, 0.1) is 16.6 Å². The number of hydrogen-bond donors (Lipinski definition) is 1. The summed E-state index contributed by atoms with van der Waals surface area (Å²) < 4.78 is 15.6. The zero-order valence-corrected chi connectivity index (χ0v) is 17.8. The molecular formula is C25H22FN3O3. The third kappa shape index (κ3) is 3.97. The molecule has 1 aromatic heterocycles. The van der Waals surface area contributed by atoms with Gasteiger partial charge in [-0.25, -0.2) is 13.8 Å². The molecule has 0 unspecified atom stereocenters. The average molecular weight is 431 g/mol. The second-order valence-corrected chi connectivity index (χ2v) is 7.57. The molecule has 0 radical (unpaired) electrons. The van der Waals surface area contributed by atoms with Crippen LogP contribution in [0.25, 0.3) is 16.6 Å². The summed E-state index contributed by atoms with van der Waals surface area (Å²) in [5.41, 5.74) is 1.98. The van der Waals surface area contributed by atoms with Crippen molar-refractivity contribution in [3.8, 4) is 5.69 Å². The highest BCUT2D eigenvalue weighted by Crippen LogP contribution is 2.16. The molecule has 4 aromatic rings. The van der Waals surface area contributed by atoms with Gasteiger partial charge in [0.15, 0.2) is 0 Å². The van der Waals surface area contributed by atoms with E-state index in [1.807, 2.05) is 26.0 Å². The summed E-state index contributed by atoms with van der Waals surface area (Å²) in [6.45, 7) is 3.51. The second-order valence-electron chi connectivity index (χ2n) is 7.57. The molecule has 1 heterocycles. The number of rotatable bonds is 5. The summed E-state index contributed by atoms with van der Waals surface area (Å²) in [4.78, 5) is 39.6. The van der Waals surface area contributed by atoms with Crippen molar-refractivity contribution < 1.29 is 9.18 Å². The van der Waals surface area contributed by atoms with Crippen LogP contribution in [0.3, 0.4) is 0 Å². The SMILES string of the molecule is CCc1ccccc1-n1c(=O)c2cc(C)ccc2n(CC(=O)Nc2ccc(F)cc2)c1=O. The largest absolute Gasteiger partial charge is 0.336 e. The number of aryl methyl sites for hydroxylation is 2. The van der Waals surface area contributed by atoms with E-state index in [1.54, 1.807) is 30.3 Å². The van der Waals surface area contributed by atoms with Crippen molar-refractivity contribution in [3.05, 3.63) is 105 Å². The zero-order valence-electron chi connectivity index (χ0n) is 17.8. The van der Waals surface area contributed by atoms with Crippen LogP contribution in [0.5, 0.6) is 0 Å². The number of fused-ring (bicyclic) bond motifs is 1. The molecule has 7 heteroatoms. The van der Waals surface area contributed by atoms with Gasteiger partial charge in [0, 0.05) is 5.69 Å². The molecule has 0 saturated heterocycles. The lowest BCUT2D eigenvalue weighted by Crippen LogP contribution is -2.41. The van der Waals surface area contributed by atoms with Crippen LogP contribution in [0.4, 0.5) is 10.1 Å². The summed E-state index contributed by atoms with van der Waals surface area (Å²) in [7, 11) is 0. The van der Waals surface area contributed by atoms with Crippen molar-refractivity contribution in [2.24, 2.45) is 0 Å². The van der Waals surface area contributed by atoms with E-state index in [0.717, 1.165) is 15.7 Å². The Labute approximate surface area is 183 Å². The number of nitrogens with one attached hydrogen (secondary N) is 1. The quantitative estimate of drug-likeness (QED) is 0.522. The number of anilines is 1. The Hall–Kier alpha value is -4.00. The van der Waals surface area contributed by atoms with E-state index >= 15 is 0 Å². The van der Waals surface area contributed by atoms with Crippen molar-refractivity contribution in [1.82, 2.24) is 9.13 Å². The summed E-state index contributed by atoms with van der Waals surface area (Å²) in [6, 6.07) is 17.8. The van der Waals surface area contributed by atoms with E-state index in [2.05, 4.69) is 5.32 Å². The maximum atomic E-state index is 13.5. The molecule has 32 heavy (non-hydrogen) atoms. The van der Waals surface area contributed by atoms with Gasteiger partial charge in [-0.3, -0.25) is 14.2 Å². The molecule has 3 aromatic carbocycles. The van der Waals surface area contributed by atoms with Gasteiger partial charge < -0.3 is 5.32 Å². The maximum Gasteiger partial charge on any atom is 0.336 e. The average Bonchev–Trinajstić information content (AvgIpc) is 2.79. The van der Waals surface area contributed by atoms with E-state index in [0.29, 0.717) is 28.7 Å². The van der Waals surface area contributed by atoms with Crippen LogP contribution in [0.15, 0.2) is 76.3 Å². The van der Waals surface area contributed by atoms with E-state index in [-0.39, 0.29) is 6.54 Å². The van der Waals surface area contributed by atoms with Gasteiger partial charge in [0.1, 0.15) is 12.4 Å². The predicted octanol–water partition coefficient (Wildman–Crippen LogP) is 3.80. The van der Waals surface area contributed by atoms with Gasteiger partial charge in [-0.05, 0) is 61.4 Å². The van der Waals surface area contributed by atoms with Crippen molar-refractivity contribution in [2.75, 3.05) is 5.32 Å². The van der Waals surface area contributed by atoms with Gasteiger partial charge >= 0.3 is 5.69 Å². The fourth-order valence-corrected chi connectivity index (χ4v) is 3.76. The number of benzene rings is 3. The minimum atomic E-state index is -0.596. The van der Waals surface area contributed by atoms with E-state index < -0.39 is 23.0 Å². The van der Waals surface area contributed by atoms with Gasteiger partial charge in [0.2, 0.25) is 5.91 Å². The van der Waals surface area contributed by atoms with E-state index in [4.69, 9.17) is 0 Å². The van der Waals surface area contributed by atoms with Gasteiger partial charge in [-0.2, -0.15) is 0 Å². The Morgan fingerprint density at radius 2 is 1.72 bits per heavy atom. The highest BCUT2D eigenvalue weighted by molar-refractivity contribution is 5.91. The molecule has 0 aliphatic carbocycles. The number of amides is 1. The first kappa shape index (κ1) is 21.2. The highest BCUT2D eigenvalue weighted by atomic mass is 19.1. The molecule has 0 spiro atoms. The van der Waals surface area contributed by atoms with Crippen molar-refractivity contribution in [3.63, 3.8) is 0 Å². The third-order valence-electron chi connectivity index (χ3n) is 5.34. The van der Waals surface area contributed by atoms with Crippen molar-refractivity contribution >= 4 is 22.5 Å². The molecule has 0 bridgehead atoms. The zero-order chi connectivity index (χ0) is 22.8. The molecule has 1 amide bonds. The standard InChI is InChI=1S/C25H22FN3O3/c1-3-17-6-4-5-7-21(17)29-24(31)20-14-16(2)8-13-22(20)28(25(29)32)15-23(30)27-19-11-9-18(26)10-12-19/h4-14H,3,15H2,1-2H3,(H,27,30). The minimum absolute atomic E-state index is 0.301. The number of halogens is 1. The van der Waals surface area contributed by atoms with Crippen LogP contribution in [0.1, 0.15) is 18.1 Å². The molecule has 0 fully saturated rings. The lowest BCUT2D eigenvalue weighted by atomic mass is 10.1. The molecule has 0 aliphatic heterocycles. The molecule has 0 atom stereocenters. The summed E-state index contributed by atoms with van der Waals surface area (Å²) in [5.74, 6) is -0.878. The fraction of sp³-hybridized carbons (Fsp3) is 0.160. The van der Waals surface area contributed by atoms with Gasteiger partial charge in [-0.15, -0.1) is 0 Å². The first-order valence-corrected chi connectivity index (χ1v) is 10.3. The summed E-state index contributed by atoms with van der Waals surface area (Å²) in [5, 5.41) is 3.02. The smallest absolute Gasteiger partial charge is 0.325 e. The molecule has 0 aliphatic rings. The van der Waals surface area contributed by atoms with Crippen molar-refractivity contribution in [2.45, 2.75) is 26.8 Å². The minimum Gasteiger partial charge on any atom is -0.325 e. The van der Waals surface area contributed by atoms with E-state index in [9.17, 15) is 18.8 Å². The number of nitrogens with zero attached hydrogens (tertiary/aromatic N) is 2. The predicted molar refractivity (Wildman–Crippen MR) is 123 cm³/mol. The molecule has 0 saturated carbocycles. The van der Waals surface area contributed by atoms with Crippen LogP contribution < -0.4 is 16.6 Å². The highest BCUT2D eigenvalue weighted by Gasteiger charge is 2.18. The topological polar surface area (TPSA) is 73.1 Å². The lowest BCUT2D eigenvalue weighted by Gasteiger charge is -2.16. The normalized spacial score (nSPS) is 11.0. The van der Waals surface area contributed by atoms with Gasteiger partial charge in [0.25, 0.3) is 5.56 Å². The first-order chi connectivity index (χ1) is 15.4. The Kier molecular flexibility index (Phi) is 5.73. The fourth-order valence-electron chi connectivity index (χ4n) is 3.76. The summed E-state index contributed by atoms with van der Waals surface area (Å²) in [6.07, 6.45) is 0.638. The maximum absolute atomic E-state index is 13.5. The Morgan fingerprint density at radius 3 is 2.44 bits per heavy atom. The number of para-hydroxylation sites is 1. The van der Waals surface area contributed by atoms with Crippen LogP contribution in [0.2, 0.25) is 0 Å². The third-order valence-corrected chi connectivity index (χ3v) is 5.34. The monoisotopic (exact) mass is 431 g/mol. The number of carbonyl (C=O) groups excluding carboxylic acids is 1. The summed E-state index contributed by atoms with van der Waals surface area (Å²) >= 11 is 0. The van der Waals surface area contributed by atoms with Crippen LogP contribution in [-0.2, 0) is 17.8 Å². The Balaban J connectivity index is 1.88. The Bertz CT molecular complexity index is 1440. The van der Waals surface area contributed by atoms with Crippen LogP contribution in [-0.4, -0.2) is 15.0 Å². The number of aromatic nitrogens is 2. The molecule has 6 nitrogen and oxygen atoms in total. The molecule has 1 N–H and O–H groups in total. The molecule has 162 valence electrons. The number of hydrogen-bond acceptors (Lipinski definition) is 3.